The Morgan fingerprint density at radius 1 is 1.22 bits per heavy atom. The Morgan fingerprint density at radius 3 is 2.44 bits per heavy atom. The zero-order valence-electron chi connectivity index (χ0n) is 12.0. The fourth-order valence-corrected chi connectivity index (χ4v) is 3.70. The fraction of sp³-hybridized carbons (Fsp3) is 0.933. The van der Waals surface area contributed by atoms with Gasteiger partial charge < -0.3 is 10.6 Å². The number of hydrogen-bond acceptors (Lipinski definition) is 2. The summed E-state index contributed by atoms with van der Waals surface area (Å²) in [5.41, 5.74) is 6.03. The van der Waals surface area contributed by atoms with Crippen molar-refractivity contribution < 1.29 is 4.79 Å². The first kappa shape index (κ1) is 13.9. The van der Waals surface area contributed by atoms with E-state index in [0.717, 1.165) is 31.7 Å². The smallest absolute Gasteiger partial charge is 0.227 e. The fourth-order valence-electron chi connectivity index (χ4n) is 3.70. The van der Waals surface area contributed by atoms with Crippen molar-refractivity contribution in [3.8, 4) is 0 Å². The van der Waals surface area contributed by atoms with E-state index in [1.165, 1.54) is 32.1 Å². The zero-order chi connectivity index (χ0) is 13.2. The summed E-state index contributed by atoms with van der Waals surface area (Å²) in [5, 5.41) is 0. The molecule has 2 aliphatic rings. The third-order valence-electron chi connectivity index (χ3n) is 4.94. The molecule has 0 aromatic carbocycles. The van der Waals surface area contributed by atoms with E-state index >= 15 is 0 Å². The summed E-state index contributed by atoms with van der Waals surface area (Å²) in [6.45, 7) is 2.99. The van der Waals surface area contributed by atoms with E-state index < -0.39 is 0 Å². The normalized spacial score (nSPS) is 33.6. The predicted octanol–water partition coefficient (Wildman–Crippen LogP) is 2.54. The molecular weight excluding hydrogens is 224 g/mol. The molecule has 3 heteroatoms. The molecule has 104 valence electrons. The van der Waals surface area contributed by atoms with Crippen LogP contribution in [-0.2, 0) is 4.79 Å². The van der Waals surface area contributed by atoms with Crippen molar-refractivity contribution in [2.75, 3.05) is 13.6 Å². The van der Waals surface area contributed by atoms with Gasteiger partial charge in [-0.3, -0.25) is 4.79 Å². The minimum absolute atomic E-state index is 0.0395. The number of nitrogens with two attached hydrogens (primary N) is 1. The van der Waals surface area contributed by atoms with Gasteiger partial charge in [0, 0.05) is 19.1 Å². The molecule has 2 rings (SSSR count). The molecule has 2 fully saturated rings. The standard InChI is InChI=1S/C15H28N2O/c1-15(16)10-6-5-9-13(15)14(18)17(2)11-12-7-3-4-8-12/h12-13H,3-11,16H2,1-2H3. The predicted molar refractivity (Wildman–Crippen MR) is 74.1 cm³/mol. The maximum Gasteiger partial charge on any atom is 0.227 e. The van der Waals surface area contributed by atoms with Crippen molar-refractivity contribution in [1.82, 2.24) is 4.90 Å². The SMILES string of the molecule is CN(CC1CCCC1)C(=O)C1CCCCC1(C)N. The molecule has 1 amide bonds. The zero-order valence-corrected chi connectivity index (χ0v) is 12.0. The van der Waals surface area contributed by atoms with Crippen LogP contribution in [-0.4, -0.2) is 29.9 Å². The monoisotopic (exact) mass is 252 g/mol. The lowest BCUT2D eigenvalue weighted by Crippen LogP contribution is -2.53. The van der Waals surface area contributed by atoms with Gasteiger partial charge in [0.2, 0.25) is 5.91 Å². The first-order chi connectivity index (χ1) is 8.50. The maximum absolute atomic E-state index is 12.5. The average Bonchev–Trinajstić information content (AvgIpc) is 2.80. The van der Waals surface area contributed by atoms with Crippen molar-refractivity contribution in [3.63, 3.8) is 0 Å². The van der Waals surface area contributed by atoms with Gasteiger partial charge >= 0.3 is 0 Å². The van der Waals surface area contributed by atoms with Gasteiger partial charge in [-0.15, -0.1) is 0 Å². The van der Waals surface area contributed by atoms with Crippen LogP contribution < -0.4 is 5.73 Å². The van der Waals surface area contributed by atoms with Crippen molar-refractivity contribution in [2.24, 2.45) is 17.6 Å². The summed E-state index contributed by atoms with van der Waals surface area (Å²) in [4.78, 5) is 14.5. The number of hydrogen-bond donors (Lipinski definition) is 1. The summed E-state index contributed by atoms with van der Waals surface area (Å²) in [7, 11) is 1.96. The molecule has 0 aromatic heterocycles. The van der Waals surface area contributed by atoms with Gasteiger partial charge in [0.15, 0.2) is 0 Å². The largest absolute Gasteiger partial charge is 0.345 e. The minimum atomic E-state index is -0.292. The second-order valence-corrected chi connectivity index (χ2v) is 6.67. The van der Waals surface area contributed by atoms with Gasteiger partial charge in [0.25, 0.3) is 0 Å². The first-order valence-electron chi connectivity index (χ1n) is 7.54. The molecule has 3 nitrogen and oxygen atoms in total. The molecule has 0 aromatic rings. The highest BCUT2D eigenvalue weighted by atomic mass is 16.2. The lowest BCUT2D eigenvalue weighted by Gasteiger charge is -2.39. The minimum Gasteiger partial charge on any atom is -0.345 e. The molecule has 0 radical (unpaired) electrons. The Balaban J connectivity index is 1.92. The van der Waals surface area contributed by atoms with Crippen molar-refractivity contribution in [1.29, 1.82) is 0 Å². The van der Waals surface area contributed by atoms with Crippen LogP contribution in [0.5, 0.6) is 0 Å². The van der Waals surface area contributed by atoms with Gasteiger partial charge in [-0.25, -0.2) is 0 Å². The van der Waals surface area contributed by atoms with Crippen LogP contribution in [0.15, 0.2) is 0 Å². The average molecular weight is 252 g/mol. The topological polar surface area (TPSA) is 46.3 Å². The molecule has 0 spiro atoms. The van der Waals surface area contributed by atoms with Crippen LogP contribution in [0.4, 0.5) is 0 Å². The first-order valence-corrected chi connectivity index (χ1v) is 7.54. The molecule has 2 saturated carbocycles. The number of amides is 1. The van der Waals surface area contributed by atoms with E-state index in [0.29, 0.717) is 0 Å². The van der Waals surface area contributed by atoms with Gasteiger partial charge in [0.05, 0.1) is 5.92 Å². The molecule has 18 heavy (non-hydrogen) atoms. The molecule has 2 N–H and O–H groups in total. The molecule has 0 bridgehead atoms. The van der Waals surface area contributed by atoms with E-state index in [9.17, 15) is 4.79 Å². The Kier molecular flexibility index (Phi) is 4.31. The highest BCUT2D eigenvalue weighted by molar-refractivity contribution is 5.80. The maximum atomic E-state index is 12.5. The molecular formula is C15H28N2O. The summed E-state index contributed by atoms with van der Waals surface area (Å²) in [5.74, 6) is 1.05. The van der Waals surface area contributed by atoms with Crippen LogP contribution in [0.2, 0.25) is 0 Å². The van der Waals surface area contributed by atoms with Gasteiger partial charge in [0.1, 0.15) is 0 Å². The highest BCUT2D eigenvalue weighted by Gasteiger charge is 2.39. The quantitative estimate of drug-likeness (QED) is 0.839. The molecule has 0 saturated heterocycles. The second-order valence-electron chi connectivity index (χ2n) is 6.67. The van der Waals surface area contributed by atoms with Crippen LogP contribution in [0, 0.1) is 11.8 Å². The van der Waals surface area contributed by atoms with E-state index in [2.05, 4.69) is 6.92 Å². The molecule has 2 atom stereocenters. The third kappa shape index (κ3) is 3.05. The summed E-state index contributed by atoms with van der Waals surface area (Å²) >= 11 is 0. The molecule has 0 heterocycles. The molecule has 2 aliphatic carbocycles. The lowest BCUT2D eigenvalue weighted by atomic mass is 9.74. The van der Waals surface area contributed by atoms with E-state index in [1.807, 2.05) is 11.9 Å². The number of nitrogens with zero attached hydrogens (tertiary/aromatic N) is 1. The Hall–Kier alpha value is -0.570. The van der Waals surface area contributed by atoms with Gasteiger partial charge in [-0.05, 0) is 38.5 Å². The van der Waals surface area contributed by atoms with Gasteiger partial charge in [-0.1, -0.05) is 25.7 Å². The number of carbonyl (C=O) groups excluding carboxylic acids is 1. The van der Waals surface area contributed by atoms with Crippen molar-refractivity contribution in [3.05, 3.63) is 0 Å². The van der Waals surface area contributed by atoms with Crippen molar-refractivity contribution in [2.45, 2.75) is 63.8 Å². The van der Waals surface area contributed by atoms with E-state index in [4.69, 9.17) is 5.73 Å². The summed E-state index contributed by atoms with van der Waals surface area (Å²) < 4.78 is 0. The Labute approximate surface area is 111 Å². The van der Waals surface area contributed by atoms with Gasteiger partial charge in [-0.2, -0.15) is 0 Å². The van der Waals surface area contributed by atoms with E-state index in [1.54, 1.807) is 0 Å². The molecule has 0 aliphatic heterocycles. The number of rotatable bonds is 3. The van der Waals surface area contributed by atoms with Crippen LogP contribution in [0.1, 0.15) is 58.3 Å². The van der Waals surface area contributed by atoms with E-state index in [-0.39, 0.29) is 17.4 Å². The third-order valence-corrected chi connectivity index (χ3v) is 4.94. The van der Waals surface area contributed by atoms with Crippen LogP contribution in [0.25, 0.3) is 0 Å². The lowest BCUT2D eigenvalue weighted by molar-refractivity contribution is -0.138. The van der Waals surface area contributed by atoms with Crippen LogP contribution in [0.3, 0.4) is 0 Å². The molecule has 2 unspecified atom stereocenters. The second kappa shape index (κ2) is 5.60. The number of carbonyl (C=O) groups is 1. The summed E-state index contributed by atoms with van der Waals surface area (Å²) in [6.07, 6.45) is 9.55. The van der Waals surface area contributed by atoms with Crippen LogP contribution >= 0.6 is 0 Å². The summed E-state index contributed by atoms with van der Waals surface area (Å²) in [6, 6.07) is 0. The highest BCUT2D eigenvalue weighted by Crippen LogP contribution is 2.33. The van der Waals surface area contributed by atoms with Crippen molar-refractivity contribution >= 4 is 5.91 Å². The Morgan fingerprint density at radius 2 is 1.83 bits per heavy atom. The Bertz CT molecular complexity index is 295.